The molecule has 1 nitrogen and oxygen atoms in total. The van der Waals surface area contributed by atoms with Crippen LogP contribution in [0.1, 0.15) is 27.7 Å². The maximum absolute atomic E-state index is 9.81. The van der Waals surface area contributed by atoms with Gasteiger partial charge in [-0.2, -0.15) is 0 Å². The molecule has 62 valence electrons. The second kappa shape index (κ2) is 2.21. The molecule has 0 aromatic heterocycles. The molecule has 0 saturated carbocycles. The lowest BCUT2D eigenvalue weighted by Crippen LogP contribution is -2.40. The first-order chi connectivity index (χ1) is 4.86. The highest BCUT2D eigenvalue weighted by atomic mass is 16.3. The number of aliphatic hydroxyl groups is 1. The van der Waals surface area contributed by atoms with Gasteiger partial charge in [0, 0.05) is 5.41 Å². The molecule has 0 amide bonds. The molecule has 0 atom stereocenters. The quantitative estimate of drug-likeness (QED) is 0.643. The van der Waals surface area contributed by atoms with Crippen LogP contribution in [0.25, 0.3) is 0 Å². The minimum Gasteiger partial charge on any atom is -0.390 e. The van der Waals surface area contributed by atoms with E-state index in [2.05, 4.69) is 26.0 Å². The van der Waals surface area contributed by atoms with Crippen molar-refractivity contribution in [2.45, 2.75) is 33.3 Å². The first-order valence-electron chi connectivity index (χ1n) is 3.97. The molecule has 1 aliphatic rings. The van der Waals surface area contributed by atoms with Gasteiger partial charge in [-0.15, -0.1) is 0 Å². The fourth-order valence-corrected chi connectivity index (χ4v) is 0.962. The van der Waals surface area contributed by atoms with Crippen LogP contribution in [0.15, 0.2) is 23.8 Å². The second-order valence-corrected chi connectivity index (χ2v) is 4.17. The molecule has 1 heteroatoms. The molecule has 0 fully saturated rings. The van der Waals surface area contributed by atoms with Crippen molar-refractivity contribution in [3.63, 3.8) is 0 Å². The zero-order valence-electron chi connectivity index (χ0n) is 7.68. The van der Waals surface area contributed by atoms with Crippen LogP contribution in [0, 0.1) is 5.41 Å². The first-order valence-corrected chi connectivity index (χ1v) is 3.97. The van der Waals surface area contributed by atoms with Gasteiger partial charge in [0.05, 0.1) is 5.60 Å². The zero-order chi connectivity index (χ0) is 8.70. The van der Waals surface area contributed by atoms with Gasteiger partial charge in [0.2, 0.25) is 0 Å². The van der Waals surface area contributed by atoms with Gasteiger partial charge >= 0.3 is 0 Å². The lowest BCUT2D eigenvalue weighted by atomic mass is 9.69. The Morgan fingerprint density at radius 1 is 1.18 bits per heavy atom. The van der Waals surface area contributed by atoms with Gasteiger partial charge in [0.25, 0.3) is 0 Å². The minimum atomic E-state index is -0.649. The highest BCUT2D eigenvalue weighted by Crippen LogP contribution is 2.40. The fourth-order valence-electron chi connectivity index (χ4n) is 0.962. The van der Waals surface area contributed by atoms with Gasteiger partial charge in [-0.1, -0.05) is 32.1 Å². The molecule has 0 radical (unpaired) electrons. The second-order valence-electron chi connectivity index (χ2n) is 4.17. The summed E-state index contributed by atoms with van der Waals surface area (Å²) in [5.41, 5.74) is 0.440. The summed E-state index contributed by atoms with van der Waals surface area (Å²) in [7, 11) is 0. The fraction of sp³-hybridized carbons (Fsp3) is 0.600. The Balaban J connectivity index is 2.82. The Bertz CT molecular complexity index is 214. The van der Waals surface area contributed by atoms with Crippen LogP contribution in [-0.2, 0) is 0 Å². The lowest BCUT2D eigenvalue weighted by molar-refractivity contribution is -0.0123. The van der Waals surface area contributed by atoms with Crippen LogP contribution >= 0.6 is 0 Å². The van der Waals surface area contributed by atoms with Gasteiger partial charge in [-0.05, 0) is 19.4 Å². The standard InChI is InChI=1S/C10H16O/c1-9(2,10(3,4)11)8-6-5-7-8/h5-7,11H,1-4H3. The summed E-state index contributed by atoms with van der Waals surface area (Å²) in [4.78, 5) is 0. The smallest absolute Gasteiger partial charge is 0.0682 e. The summed E-state index contributed by atoms with van der Waals surface area (Å²) >= 11 is 0. The number of hydrogen-bond donors (Lipinski definition) is 1. The van der Waals surface area contributed by atoms with Gasteiger partial charge in [-0.3, -0.25) is 0 Å². The summed E-state index contributed by atoms with van der Waals surface area (Å²) in [6, 6.07) is 0. The van der Waals surface area contributed by atoms with Crippen molar-refractivity contribution in [2.75, 3.05) is 0 Å². The summed E-state index contributed by atoms with van der Waals surface area (Å²) in [5.74, 6) is 0. The molecule has 1 rings (SSSR count). The largest absolute Gasteiger partial charge is 0.390 e. The van der Waals surface area contributed by atoms with E-state index in [4.69, 9.17) is 0 Å². The van der Waals surface area contributed by atoms with Crippen LogP contribution in [-0.4, -0.2) is 10.7 Å². The molecule has 1 aliphatic carbocycles. The van der Waals surface area contributed by atoms with E-state index in [-0.39, 0.29) is 5.41 Å². The van der Waals surface area contributed by atoms with E-state index in [1.807, 2.05) is 19.9 Å². The number of allylic oxidation sites excluding steroid dienone is 3. The highest BCUT2D eigenvalue weighted by Gasteiger charge is 2.37. The third-order valence-corrected chi connectivity index (χ3v) is 2.80. The molecule has 0 heterocycles. The zero-order valence-corrected chi connectivity index (χ0v) is 7.68. The van der Waals surface area contributed by atoms with Gasteiger partial charge in [0.15, 0.2) is 0 Å². The van der Waals surface area contributed by atoms with Gasteiger partial charge < -0.3 is 5.11 Å². The molecule has 11 heavy (non-hydrogen) atoms. The summed E-state index contributed by atoms with van der Waals surface area (Å²) in [5, 5.41) is 9.81. The monoisotopic (exact) mass is 152 g/mol. The van der Waals surface area contributed by atoms with Crippen molar-refractivity contribution in [3.05, 3.63) is 23.8 Å². The topological polar surface area (TPSA) is 20.2 Å². The number of hydrogen-bond acceptors (Lipinski definition) is 1. The average molecular weight is 152 g/mol. The van der Waals surface area contributed by atoms with Crippen molar-refractivity contribution in [2.24, 2.45) is 5.41 Å². The van der Waals surface area contributed by atoms with Crippen LogP contribution in [0.3, 0.4) is 0 Å². The SMILES string of the molecule is CC(C)(O)C(C)(C)C1=CC=C1. The molecule has 0 aromatic carbocycles. The molecule has 0 saturated heterocycles. The van der Waals surface area contributed by atoms with Crippen molar-refractivity contribution in [1.29, 1.82) is 0 Å². The summed E-state index contributed by atoms with van der Waals surface area (Å²) in [6.45, 7) is 7.81. The molecular formula is C10H16O. The molecular weight excluding hydrogens is 136 g/mol. The average Bonchev–Trinajstić information content (AvgIpc) is 1.53. The normalized spacial score (nSPS) is 17.7. The third kappa shape index (κ3) is 1.25. The van der Waals surface area contributed by atoms with Crippen LogP contribution in [0.4, 0.5) is 0 Å². The Hall–Kier alpha value is -0.560. The van der Waals surface area contributed by atoms with E-state index in [0.29, 0.717) is 0 Å². The van der Waals surface area contributed by atoms with Gasteiger partial charge in [-0.25, -0.2) is 0 Å². The van der Waals surface area contributed by atoms with E-state index in [9.17, 15) is 5.11 Å². The predicted octanol–water partition coefficient (Wildman–Crippen LogP) is 2.28. The Kier molecular flexibility index (Phi) is 1.72. The number of rotatable bonds is 2. The first kappa shape index (κ1) is 8.54. The molecule has 0 bridgehead atoms. The Morgan fingerprint density at radius 3 is 1.73 bits per heavy atom. The third-order valence-electron chi connectivity index (χ3n) is 2.80. The minimum absolute atomic E-state index is 0.137. The maximum atomic E-state index is 9.81. The molecule has 0 unspecified atom stereocenters. The maximum Gasteiger partial charge on any atom is 0.0682 e. The van der Waals surface area contributed by atoms with E-state index in [1.54, 1.807) is 0 Å². The summed E-state index contributed by atoms with van der Waals surface area (Å²) in [6.07, 6.45) is 6.11. The van der Waals surface area contributed by atoms with Crippen molar-refractivity contribution < 1.29 is 5.11 Å². The van der Waals surface area contributed by atoms with Crippen molar-refractivity contribution in [3.8, 4) is 0 Å². The van der Waals surface area contributed by atoms with E-state index in [0.717, 1.165) is 0 Å². The van der Waals surface area contributed by atoms with E-state index >= 15 is 0 Å². The van der Waals surface area contributed by atoms with Crippen LogP contribution < -0.4 is 0 Å². The molecule has 0 spiro atoms. The predicted molar refractivity (Wildman–Crippen MR) is 47.3 cm³/mol. The summed E-state index contributed by atoms with van der Waals surface area (Å²) < 4.78 is 0. The van der Waals surface area contributed by atoms with Crippen molar-refractivity contribution >= 4 is 0 Å². The molecule has 0 aromatic rings. The Labute approximate surface area is 68.4 Å². The molecule has 1 N–H and O–H groups in total. The van der Waals surface area contributed by atoms with E-state index < -0.39 is 5.60 Å². The van der Waals surface area contributed by atoms with Crippen molar-refractivity contribution in [1.82, 2.24) is 0 Å². The van der Waals surface area contributed by atoms with Gasteiger partial charge in [0.1, 0.15) is 0 Å². The van der Waals surface area contributed by atoms with Crippen LogP contribution in [0.5, 0.6) is 0 Å². The highest BCUT2D eigenvalue weighted by molar-refractivity contribution is 5.41. The lowest BCUT2D eigenvalue weighted by Gasteiger charge is -2.39. The Morgan fingerprint density at radius 2 is 1.64 bits per heavy atom. The van der Waals surface area contributed by atoms with E-state index in [1.165, 1.54) is 5.57 Å². The van der Waals surface area contributed by atoms with Crippen LogP contribution in [0.2, 0.25) is 0 Å². The molecule has 0 aliphatic heterocycles.